The van der Waals surface area contributed by atoms with E-state index < -0.39 is 0 Å². The zero-order valence-electron chi connectivity index (χ0n) is 11.2. The summed E-state index contributed by atoms with van der Waals surface area (Å²) in [4.78, 5) is 2.77. The molecular weight excluding hydrogens is 196 g/mol. The maximum atomic E-state index is 3.61. The molecule has 3 atom stereocenters. The molecular formula is C14H28N2. The molecule has 16 heavy (non-hydrogen) atoms. The summed E-state index contributed by atoms with van der Waals surface area (Å²) in [6, 6.07) is 1.68. The summed E-state index contributed by atoms with van der Waals surface area (Å²) in [5, 5.41) is 3.61. The van der Waals surface area contributed by atoms with Crippen LogP contribution in [0.4, 0.5) is 0 Å². The largest absolute Gasteiger partial charge is 0.314 e. The average Bonchev–Trinajstić information content (AvgIpc) is 2.84. The fraction of sp³-hybridized carbons (Fsp3) is 1.00. The van der Waals surface area contributed by atoms with Gasteiger partial charge in [0.15, 0.2) is 0 Å². The Morgan fingerprint density at radius 3 is 2.69 bits per heavy atom. The number of hydrogen-bond acceptors (Lipinski definition) is 2. The highest BCUT2D eigenvalue weighted by molar-refractivity contribution is 4.90. The molecule has 0 aromatic heterocycles. The second kappa shape index (κ2) is 5.50. The zero-order valence-corrected chi connectivity index (χ0v) is 11.2. The monoisotopic (exact) mass is 224 g/mol. The molecule has 94 valence electrons. The first-order valence-corrected chi connectivity index (χ1v) is 7.18. The molecule has 0 aromatic rings. The Hall–Kier alpha value is -0.0800. The minimum atomic E-state index is 0.799. The van der Waals surface area contributed by atoms with Crippen molar-refractivity contribution in [1.29, 1.82) is 0 Å². The van der Waals surface area contributed by atoms with Gasteiger partial charge in [-0.15, -0.1) is 0 Å². The third-order valence-corrected chi connectivity index (χ3v) is 4.61. The van der Waals surface area contributed by atoms with E-state index in [9.17, 15) is 0 Å². The number of hydrogen-bond donors (Lipinski definition) is 1. The van der Waals surface area contributed by atoms with Crippen molar-refractivity contribution in [2.45, 2.75) is 58.5 Å². The van der Waals surface area contributed by atoms with Crippen molar-refractivity contribution in [3.8, 4) is 0 Å². The second-order valence-corrected chi connectivity index (χ2v) is 6.01. The van der Waals surface area contributed by atoms with Crippen LogP contribution in [0.3, 0.4) is 0 Å². The highest BCUT2D eigenvalue weighted by Crippen LogP contribution is 2.31. The summed E-state index contributed by atoms with van der Waals surface area (Å²) in [7, 11) is 0. The maximum Gasteiger partial charge on any atom is 0.0111 e. The molecule has 0 amide bonds. The van der Waals surface area contributed by atoms with Gasteiger partial charge in [-0.05, 0) is 50.6 Å². The Balaban J connectivity index is 1.78. The molecule has 1 heterocycles. The molecule has 1 saturated heterocycles. The predicted molar refractivity (Wildman–Crippen MR) is 69.6 cm³/mol. The van der Waals surface area contributed by atoms with Gasteiger partial charge in [0, 0.05) is 18.6 Å². The van der Waals surface area contributed by atoms with Gasteiger partial charge < -0.3 is 10.2 Å². The fourth-order valence-corrected chi connectivity index (χ4v) is 3.45. The minimum absolute atomic E-state index is 0.799. The molecule has 0 spiro atoms. The first kappa shape index (κ1) is 12.4. The van der Waals surface area contributed by atoms with Gasteiger partial charge in [0.05, 0.1) is 0 Å². The lowest BCUT2D eigenvalue weighted by atomic mass is 9.95. The average molecular weight is 224 g/mol. The molecule has 2 nitrogen and oxygen atoms in total. The standard InChI is InChI=1S/C14H28N2/c1-4-15-13-5-6-14(9-13)16-8-7-12(10-16)11(2)3/h11-15H,4-10H2,1-3H3. The Kier molecular flexibility index (Phi) is 4.26. The van der Waals surface area contributed by atoms with Gasteiger partial charge in [0.2, 0.25) is 0 Å². The van der Waals surface area contributed by atoms with Crippen LogP contribution >= 0.6 is 0 Å². The summed E-state index contributed by atoms with van der Waals surface area (Å²) >= 11 is 0. The topological polar surface area (TPSA) is 15.3 Å². The molecule has 2 aliphatic rings. The highest BCUT2D eigenvalue weighted by Gasteiger charge is 2.33. The Morgan fingerprint density at radius 1 is 1.25 bits per heavy atom. The molecule has 2 heteroatoms. The van der Waals surface area contributed by atoms with Crippen LogP contribution in [0.2, 0.25) is 0 Å². The van der Waals surface area contributed by atoms with E-state index in [0.717, 1.165) is 30.5 Å². The molecule has 1 saturated carbocycles. The van der Waals surface area contributed by atoms with Gasteiger partial charge in [-0.2, -0.15) is 0 Å². The van der Waals surface area contributed by atoms with Crippen molar-refractivity contribution in [2.24, 2.45) is 11.8 Å². The number of nitrogens with one attached hydrogen (secondary N) is 1. The van der Waals surface area contributed by atoms with Gasteiger partial charge in [-0.25, -0.2) is 0 Å². The Morgan fingerprint density at radius 2 is 2.06 bits per heavy atom. The van der Waals surface area contributed by atoms with Crippen molar-refractivity contribution >= 4 is 0 Å². The summed E-state index contributed by atoms with van der Waals surface area (Å²) in [6.07, 6.45) is 5.63. The molecule has 1 aliphatic heterocycles. The molecule has 0 radical (unpaired) electrons. The summed E-state index contributed by atoms with van der Waals surface area (Å²) < 4.78 is 0. The van der Waals surface area contributed by atoms with Crippen molar-refractivity contribution in [3.63, 3.8) is 0 Å². The van der Waals surface area contributed by atoms with Crippen LogP contribution in [0.15, 0.2) is 0 Å². The first-order valence-electron chi connectivity index (χ1n) is 7.18. The number of nitrogens with zero attached hydrogens (tertiary/aromatic N) is 1. The van der Waals surface area contributed by atoms with Gasteiger partial charge in [0.1, 0.15) is 0 Å². The lowest BCUT2D eigenvalue weighted by Gasteiger charge is -2.25. The van der Waals surface area contributed by atoms with E-state index >= 15 is 0 Å². The molecule has 3 unspecified atom stereocenters. The van der Waals surface area contributed by atoms with Gasteiger partial charge in [0.25, 0.3) is 0 Å². The van der Waals surface area contributed by atoms with E-state index in [0.29, 0.717) is 0 Å². The molecule has 2 rings (SSSR count). The molecule has 0 aromatic carbocycles. The van der Waals surface area contributed by atoms with Gasteiger partial charge in [-0.1, -0.05) is 20.8 Å². The van der Waals surface area contributed by atoms with E-state index in [1.54, 1.807) is 0 Å². The first-order chi connectivity index (χ1) is 7.70. The fourth-order valence-electron chi connectivity index (χ4n) is 3.45. The van der Waals surface area contributed by atoms with E-state index in [2.05, 4.69) is 31.0 Å². The highest BCUT2D eigenvalue weighted by atomic mass is 15.2. The van der Waals surface area contributed by atoms with E-state index in [-0.39, 0.29) is 0 Å². The zero-order chi connectivity index (χ0) is 11.5. The number of rotatable bonds is 4. The van der Waals surface area contributed by atoms with Crippen LogP contribution in [0.1, 0.15) is 46.5 Å². The van der Waals surface area contributed by atoms with E-state index in [1.807, 2.05) is 0 Å². The Bertz CT molecular complexity index is 215. The van der Waals surface area contributed by atoms with Crippen molar-refractivity contribution in [1.82, 2.24) is 10.2 Å². The van der Waals surface area contributed by atoms with Crippen LogP contribution in [0.5, 0.6) is 0 Å². The predicted octanol–water partition coefficient (Wildman–Crippen LogP) is 2.49. The Labute approximate surface area is 101 Å². The van der Waals surface area contributed by atoms with Gasteiger partial charge in [-0.3, -0.25) is 0 Å². The summed E-state index contributed by atoms with van der Waals surface area (Å²) in [5.74, 6) is 1.83. The summed E-state index contributed by atoms with van der Waals surface area (Å²) in [5.41, 5.74) is 0. The molecule has 2 fully saturated rings. The van der Waals surface area contributed by atoms with Crippen LogP contribution in [-0.4, -0.2) is 36.6 Å². The maximum absolute atomic E-state index is 3.61. The van der Waals surface area contributed by atoms with Crippen LogP contribution in [0.25, 0.3) is 0 Å². The lowest BCUT2D eigenvalue weighted by Crippen LogP contribution is -2.34. The molecule has 1 N–H and O–H groups in total. The third-order valence-electron chi connectivity index (χ3n) is 4.61. The quantitative estimate of drug-likeness (QED) is 0.789. The van der Waals surface area contributed by atoms with Crippen molar-refractivity contribution in [3.05, 3.63) is 0 Å². The van der Waals surface area contributed by atoms with Crippen LogP contribution in [-0.2, 0) is 0 Å². The normalized spacial score (nSPS) is 36.4. The third kappa shape index (κ3) is 2.78. The smallest absolute Gasteiger partial charge is 0.0111 e. The molecule has 0 bridgehead atoms. The van der Waals surface area contributed by atoms with E-state index in [1.165, 1.54) is 38.8 Å². The van der Waals surface area contributed by atoms with Crippen molar-refractivity contribution < 1.29 is 0 Å². The van der Waals surface area contributed by atoms with E-state index in [4.69, 9.17) is 0 Å². The van der Waals surface area contributed by atoms with Crippen LogP contribution in [0, 0.1) is 11.8 Å². The SMILES string of the molecule is CCNC1CCC(N2CCC(C(C)C)C2)C1. The molecule has 1 aliphatic carbocycles. The number of likely N-dealkylation sites (tertiary alicyclic amines) is 1. The lowest BCUT2D eigenvalue weighted by molar-refractivity contribution is 0.225. The summed E-state index contributed by atoms with van der Waals surface area (Å²) in [6.45, 7) is 10.8. The second-order valence-electron chi connectivity index (χ2n) is 6.01. The van der Waals surface area contributed by atoms with Gasteiger partial charge >= 0.3 is 0 Å². The van der Waals surface area contributed by atoms with Crippen molar-refractivity contribution in [2.75, 3.05) is 19.6 Å². The van der Waals surface area contributed by atoms with Crippen LogP contribution < -0.4 is 5.32 Å². The minimum Gasteiger partial charge on any atom is -0.314 e.